The fourth-order valence-corrected chi connectivity index (χ4v) is 4.02. The summed E-state index contributed by atoms with van der Waals surface area (Å²) in [5.74, 6) is -0.673. The van der Waals surface area contributed by atoms with E-state index in [9.17, 15) is 19.2 Å². The molecule has 2 saturated heterocycles. The number of likely N-dealkylation sites (N-methyl/N-ethyl adjacent to an activating group) is 1. The number of rotatable bonds is 5. The first kappa shape index (κ1) is 20.5. The van der Waals surface area contributed by atoms with E-state index in [1.54, 1.807) is 19.0 Å². The van der Waals surface area contributed by atoms with E-state index in [1.807, 2.05) is 4.90 Å². The van der Waals surface area contributed by atoms with Gasteiger partial charge in [-0.3, -0.25) is 29.6 Å². The third kappa shape index (κ3) is 4.44. The molecule has 0 atom stereocenters. The quantitative estimate of drug-likeness (QED) is 0.578. The Morgan fingerprint density at radius 2 is 1.57 bits per heavy atom. The second kappa shape index (κ2) is 8.44. The molecule has 28 heavy (non-hydrogen) atoms. The van der Waals surface area contributed by atoms with E-state index < -0.39 is 11.6 Å². The van der Waals surface area contributed by atoms with Gasteiger partial charge in [-0.25, -0.2) is 4.79 Å². The van der Waals surface area contributed by atoms with Crippen molar-refractivity contribution >= 4 is 23.8 Å². The van der Waals surface area contributed by atoms with Gasteiger partial charge < -0.3 is 10.2 Å². The Hall–Kier alpha value is -2.20. The molecule has 0 bridgehead atoms. The molecule has 1 saturated carbocycles. The van der Waals surface area contributed by atoms with Gasteiger partial charge in [-0.2, -0.15) is 5.01 Å². The molecule has 3 rings (SSSR count). The lowest BCUT2D eigenvalue weighted by atomic mass is 9.82. The molecule has 2 N–H and O–H groups in total. The fraction of sp³-hybridized carbons (Fsp3) is 0.778. The molecule has 1 spiro atoms. The lowest BCUT2D eigenvalue weighted by Crippen LogP contribution is -2.55. The molecular formula is C18H30N6O4. The Bertz CT molecular complexity index is 638. The summed E-state index contributed by atoms with van der Waals surface area (Å²) in [7, 11) is 3.46. The molecule has 3 fully saturated rings. The summed E-state index contributed by atoms with van der Waals surface area (Å²) in [6.07, 6.45) is 4.10. The van der Waals surface area contributed by atoms with Gasteiger partial charge in [-0.05, 0) is 12.8 Å². The first-order valence-electron chi connectivity index (χ1n) is 9.92. The highest BCUT2D eigenvalue weighted by Crippen LogP contribution is 2.32. The van der Waals surface area contributed by atoms with Gasteiger partial charge in [0.2, 0.25) is 5.91 Å². The van der Waals surface area contributed by atoms with Crippen LogP contribution in [0.4, 0.5) is 4.79 Å². The third-order valence-corrected chi connectivity index (χ3v) is 5.80. The smallest absolute Gasteiger partial charge is 0.344 e. The summed E-state index contributed by atoms with van der Waals surface area (Å²) in [5, 5.41) is 3.62. The molecule has 2 heterocycles. The number of carbonyl (C=O) groups is 4. The lowest BCUT2D eigenvalue weighted by molar-refractivity contribution is -0.140. The maximum absolute atomic E-state index is 12.7. The first-order chi connectivity index (χ1) is 13.3. The topological polar surface area (TPSA) is 105 Å². The van der Waals surface area contributed by atoms with Crippen LogP contribution in [0, 0.1) is 0 Å². The number of hydrogen-bond acceptors (Lipinski definition) is 6. The summed E-state index contributed by atoms with van der Waals surface area (Å²) in [4.78, 5) is 54.6. The highest BCUT2D eigenvalue weighted by Gasteiger charge is 2.52. The maximum atomic E-state index is 12.7. The van der Waals surface area contributed by atoms with Crippen LogP contribution in [0.5, 0.6) is 0 Å². The van der Waals surface area contributed by atoms with Crippen LogP contribution < -0.4 is 10.7 Å². The first-order valence-corrected chi connectivity index (χ1v) is 9.92. The largest absolute Gasteiger partial charge is 0.348 e. The zero-order valence-electron chi connectivity index (χ0n) is 16.7. The van der Waals surface area contributed by atoms with Gasteiger partial charge in [-0.15, -0.1) is 0 Å². The predicted molar refractivity (Wildman–Crippen MR) is 101 cm³/mol. The normalized spacial score (nSPS) is 23.0. The Labute approximate surface area is 165 Å². The van der Waals surface area contributed by atoms with Crippen molar-refractivity contribution in [3.8, 4) is 0 Å². The van der Waals surface area contributed by atoms with Crippen molar-refractivity contribution in [1.29, 1.82) is 0 Å². The molecule has 2 aliphatic heterocycles. The van der Waals surface area contributed by atoms with Crippen LogP contribution in [0.1, 0.15) is 32.1 Å². The monoisotopic (exact) mass is 394 g/mol. The number of nitrogens with one attached hydrogen (secondary N) is 2. The van der Waals surface area contributed by atoms with Crippen molar-refractivity contribution in [2.24, 2.45) is 0 Å². The van der Waals surface area contributed by atoms with E-state index in [4.69, 9.17) is 0 Å². The summed E-state index contributed by atoms with van der Waals surface area (Å²) in [5.41, 5.74) is 1.63. The van der Waals surface area contributed by atoms with E-state index in [-0.39, 0.29) is 24.3 Å². The Morgan fingerprint density at radius 1 is 1.00 bits per heavy atom. The van der Waals surface area contributed by atoms with Crippen molar-refractivity contribution in [3.05, 3.63) is 0 Å². The summed E-state index contributed by atoms with van der Waals surface area (Å²) in [6, 6.07) is -0.549. The molecular weight excluding hydrogens is 364 g/mol. The van der Waals surface area contributed by atoms with Crippen LogP contribution in [0.15, 0.2) is 0 Å². The second-order valence-corrected chi connectivity index (χ2v) is 8.09. The minimum atomic E-state index is -0.840. The van der Waals surface area contributed by atoms with Gasteiger partial charge in [0.25, 0.3) is 11.8 Å². The Balaban J connectivity index is 1.45. The molecule has 1 aliphatic carbocycles. The molecule has 10 heteroatoms. The molecule has 0 unspecified atom stereocenters. The van der Waals surface area contributed by atoms with Crippen molar-refractivity contribution < 1.29 is 19.2 Å². The van der Waals surface area contributed by atoms with Crippen LogP contribution in [0.2, 0.25) is 0 Å². The molecule has 3 aliphatic rings. The van der Waals surface area contributed by atoms with Gasteiger partial charge in [-0.1, -0.05) is 19.3 Å². The highest BCUT2D eigenvalue weighted by molar-refractivity contribution is 6.08. The molecule has 0 aromatic heterocycles. The van der Waals surface area contributed by atoms with E-state index in [1.165, 1.54) is 0 Å². The minimum absolute atomic E-state index is 0.0568. The standard InChI is InChI=1S/C18H30N6O4/c1-21(2)15(26)13-23-10-8-22(9-11-23)12-14(25)20-24-16(27)18(19-17(24)28)6-4-3-5-7-18/h3-13H2,1-2H3,(H,19,28)(H,20,25). The third-order valence-electron chi connectivity index (χ3n) is 5.80. The van der Waals surface area contributed by atoms with Crippen LogP contribution >= 0.6 is 0 Å². The number of nitrogens with zero attached hydrogens (tertiary/aromatic N) is 4. The van der Waals surface area contributed by atoms with Crippen LogP contribution in [0.3, 0.4) is 0 Å². The van der Waals surface area contributed by atoms with E-state index in [0.29, 0.717) is 45.6 Å². The minimum Gasteiger partial charge on any atom is -0.348 e. The fourth-order valence-electron chi connectivity index (χ4n) is 4.02. The number of imide groups is 1. The molecule has 0 aromatic carbocycles. The average Bonchev–Trinajstić information content (AvgIpc) is 2.88. The molecule has 156 valence electrons. The summed E-state index contributed by atoms with van der Waals surface area (Å²) < 4.78 is 0. The average molecular weight is 394 g/mol. The van der Waals surface area contributed by atoms with E-state index in [0.717, 1.165) is 24.3 Å². The lowest BCUT2D eigenvalue weighted by Gasteiger charge is -2.34. The Morgan fingerprint density at radius 3 is 2.14 bits per heavy atom. The number of carbonyl (C=O) groups excluding carboxylic acids is 4. The van der Waals surface area contributed by atoms with Crippen LogP contribution in [-0.2, 0) is 14.4 Å². The molecule has 10 nitrogen and oxygen atoms in total. The number of hydrogen-bond donors (Lipinski definition) is 2. The Kier molecular flexibility index (Phi) is 6.19. The second-order valence-electron chi connectivity index (χ2n) is 8.09. The van der Waals surface area contributed by atoms with Crippen LogP contribution in [0.25, 0.3) is 0 Å². The van der Waals surface area contributed by atoms with Gasteiger partial charge in [0.1, 0.15) is 5.54 Å². The van der Waals surface area contributed by atoms with Crippen molar-refractivity contribution in [3.63, 3.8) is 0 Å². The maximum Gasteiger partial charge on any atom is 0.344 e. The number of piperazine rings is 1. The molecule has 0 radical (unpaired) electrons. The summed E-state index contributed by atoms with van der Waals surface area (Å²) in [6.45, 7) is 3.17. The van der Waals surface area contributed by atoms with Crippen LogP contribution in [-0.4, -0.2) is 102 Å². The molecule has 5 amide bonds. The number of hydrazine groups is 1. The number of amides is 5. The van der Waals surface area contributed by atoms with Gasteiger partial charge >= 0.3 is 6.03 Å². The van der Waals surface area contributed by atoms with Crippen molar-refractivity contribution in [2.75, 3.05) is 53.4 Å². The number of urea groups is 1. The summed E-state index contributed by atoms with van der Waals surface area (Å²) >= 11 is 0. The van der Waals surface area contributed by atoms with E-state index >= 15 is 0 Å². The van der Waals surface area contributed by atoms with Gasteiger partial charge in [0, 0.05) is 40.3 Å². The van der Waals surface area contributed by atoms with Gasteiger partial charge in [0.05, 0.1) is 13.1 Å². The van der Waals surface area contributed by atoms with E-state index in [2.05, 4.69) is 15.6 Å². The highest BCUT2D eigenvalue weighted by atomic mass is 16.2. The molecule has 0 aromatic rings. The predicted octanol–water partition coefficient (Wildman–Crippen LogP) is -1.02. The zero-order chi connectivity index (χ0) is 20.3. The van der Waals surface area contributed by atoms with Gasteiger partial charge in [0.15, 0.2) is 0 Å². The zero-order valence-corrected chi connectivity index (χ0v) is 16.7. The van der Waals surface area contributed by atoms with Crippen molar-refractivity contribution in [1.82, 2.24) is 30.5 Å². The SMILES string of the molecule is CN(C)C(=O)CN1CCN(CC(=O)NN2C(=O)NC3(CCCCC3)C2=O)CC1. The van der Waals surface area contributed by atoms with Crippen molar-refractivity contribution in [2.45, 2.75) is 37.6 Å².